The number of hydrogen-bond donors (Lipinski definition) is 2. The fraction of sp³-hybridized carbons (Fsp3) is 0.686. The number of hydrogen-bond acceptors (Lipinski definition) is 13. The molecule has 4 saturated carbocycles. The van der Waals surface area contributed by atoms with Crippen molar-refractivity contribution >= 4 is 70.6 Å². The summed E-state index contributed by atoms with van der Waals surface area (Å²) in [6.45, 7) is 4.43. The Bertz CT molecular complexity index is 1300. The Morgan fingerprint density at radius 1 is 0.695 bits per heavy atom. The second kappa shape index (κ2) is 35.9. The predicted molar refractivity (Wildman–Crippen MR) is 191 cm³/mol. The average Bonchev–Trinajstić information content (AvgIpc) is 3.02. The molecule has 1 unspecified atom stereocenters. The van der Waals surface area contributed by atoms with Crippen LogP contribution in [-0.4, -0.2) is 108 Å². The van der Waals surface area contributed by atoms with E-state index in [9.17, 15) is 51.1 Å². The van der Waals surface area contributed by atoms with Crippen LogP contribution in [0, 0.1) is 31.1 Å². The fourth-order valence-corrected chi connectivity index (χ4v) is 5.21. The van der Waals surface area contributed by atoms with Crippen molar-refractivity contribution in [2.75, 3.05) is 28.4 Å². The molecule has 0 spiro atoms. The van der Waals surface area contributed by atoms with Crippen LogP contribution in [0.1, 0.15) is 84.0 Å². The molecule has 0 aromatic carbocycles. The van der Waals surface area contributed by atoms with E-state index in [1.54, 1.807) is 0 Å². The Kier molecular flexibility index (Phi) is 43.8. The molecule has 0 aliphatic heterocycles. The van der Waals surface area contributed by atoms with Gasteiger partial charge in [-0.2, -0.15) is 0 Å². The minimum Gasteiger partial charge on any atom is -0.870 e. The first kappa shape index (κ1) is 71.9. The Morgan fingerprint density at radius 2 is 1.02 bits per heavy atom. The van der Waals surface area contributed by atoms with Crippen LogP contribution >= 0.6 is 23.2 Å². The number of carbonyl (C=O) groups excluding carboxylic acids is 6. The number of carbonyl (C=O) groups is 8. The molecule has 4 aliphatic carbocycles. The number of carboxylic acid groups (broad SMARTS) is 2. The number of Topliss-reactive ketones (excluding diaryl/α,β-unsaturated/α-hetero) is 2. The summed E-state index contributed by atoms with van der Waals surface area (Å²) in [5.41, 5.74) is 0. The summed E-state index contributed by atoms with van der Waals surface area (Å²) < 4.78 is 64.6. The number of carboxylic acids is 2. The summed E-state index contributed by atoms with van der Waals surface area (Å²) in [5.74, 6) is -8.63. The number of ketones is 2. The van der Waals surface area contributed by atoms with Crippen LogP contribution in [0.2, 0.25) is 0 Å². The topological polar surface area (TPSA) is 244 Å². The van der Waals surface area contributed by atoms with Gasteiger partial charge in [0, 0.05) is 116 Å². The Hall–Kier alpha value is -1.59. The summed E-state index contributed by atoms with van der Waals surface area (Å²) in [7, 11) is 5.26. The van der Waals surface area contributed by atoms with Gasteiger partial charge in [0.1, 0.15) is 5.78 Å². The molecule has 0 saturated heterocycles. The van der Waals surface area contributed by atoms with Crippen molar-refractivity contribution in [3.63, 3.8) is 0 Å². The van der Waals surface area contributed by atoms with E-state index in [1.807, 2.05) is 0 Å². The van der Waals surface area contributed by atoms with E-state index in [0.717, 1.165) is 6.92 Å². The first-order valence-corrected chi connectivity index (χ1v) is 17.0. The van der Waals surface area contributed by atoms with E-state index >= 15 is 0 Å². The molecule has 59 heavy (non-hydrogen) atoms. The third-order valence-electron chi connectivity index (χ3n) is 7.71. The molecule has 330 valence electrons. The maximum absolute atomic E-state index is 12.2. The van der Waals surface area contributed by atoms with E-state index in [4.69, 9.17) is 38.2 Å². The van der Waals surface area contributed by atoms with Crippen LogP contribution in [0.4, 0.5) is 17.6 Å². The second-order valence-electron chi connectivity index (χ2n) is 12.5. The summed E-state index contributed by atoms with van der Waals surface area (Å²) in [5, 5.41) is 15.6. The number of methoxy groups -OCH3 is 4. The van der Waals surface area contributed by atoms with Crippen molar-refractivity contribution in [1.29, 1.82) is 0 Å². The predicted octanol–water partition coefficient (Wildman–Crippen LogP) is 3.04. The van der Waals surface area contributed by atoms with E-state index in [1.165, 1.54) is 34.5 Å². The first-order chi connectivity index (χ1) is 24.8. The van der Waals surface area contributed by atoms with Gasteiger partial charge in [-0.3, -0.25) is 38.4 Å². The Labute approximate surface area is 399 Å². The minimum atomic E-state index is -2.58. The molecular formula is C35H52Cl2F4NaO15Zn2-. The van der Waals surface area contributed by atoms with Gasteiger partial charge in [-0.1, -0.05) is 29.3 Å². The zero-order valence-corrected chi connectivity index (χ0v) is 43.9. The zero-order chi connectivity index (χ0) is 42.4. The minimum absolute atomic E-state index is 0. The van der Waals surface area contributed by atoms with E-state index in [2.05, 4.69) is 25.5 Å². The van der Waals surface area contributed by atoms with Gasteiger partial charge in [0.15, 0.2) is 10.1 Å². The monoisotopic (exact) mass is 1010 g/mol. The second-order valence-corrected chi connectivity index (χ2v) is 13.9. The average molecular weight is 1010 g/mol. The van der Waals surface area contributed by atoms with Crippen molar-refractivity contribution in [2.24, 2.45) is 23.7 Å². The number of aliphatic carboxylic acids is 2. The molecule has 0 radical (unpaired) electrons. The smallest absolute Gasteiger partial charge is 0.870 e. The molecule has 15 nitrogen and oxygen atoms in total. The van der Waals surface area contributed by atoms with Crippen molar-refractivity contribution in [1.82, 2.24) is 0 Å². The number of esters is 4. The first-order valence-electron chi connectivity index (χ1n) is 16.3. The van der Waals surface area contributed by atoms with Crippen LogP contribution in [-0.2, 0) is 96.3 Å². The zero-order valence-electron chi connectivity index (χ0n) is 34.5. The SMILES string of the molecule is C=CCC(=O)OC.CC(=O)O.COC(=O)CC1CC(=O)C1.COC(=O)CC1CC(=O)C1(Cl)Cl.COC(=O)CC1CC(F)(F)C1.O=C(O)CC1CC(F)(F)C1.[CH3-].[Na+].[OH-].[Zn].[Zn]. The molecular weight excluding hydrogens is 961 g/mol. The van der Waals surface area contributed by atoms with Gasteiger partial charge < -0.3 is 42.1 Å². The molecule has 24 heteroatoms. The summed E-state index contributed by atoms with van der Waals surface area (Å²) >= 11 is 11.3. The number of alkyl halides is 6. The molecule has 0 bridgehead atoms. The van der Waals surface area contributed by atoms with Crippen molar-refractivity contribution in [2.45, 2.75) is 100 Å². The van der Waals surface area contributed by atoms with Crippen molar-refractivity contribution < 1.29 is 159 Å². The standard InChI is InChI=1S/C7H8Cl2O3.C7H10F2O2.C7H10O3.C6H8F2O2.C5H8O2.C2H4O2.CH3.Na.H2O.2Zn/c1-12-6(11)3-4-2-5(10)7(4,8)9;1-11-6(10)2-5-3-7(8,9)4-5;1-10-7(9)4-5-2-6(8)3-5;7-6(8)2-4(3-6)1-5(9)10;1-3-4-5(6)7-2;1-2(3)4;;;;;/h4H,2-3H2,1H3;5H,2-4H2,1H3;5H,2-4H2,1H3;4H,1-3H2,(H,9,10);3H,1,4H2,2H3;1H3,(H,3,4);1H3;;1H2;;/q;;;;;;-1;+1;;;/p-1. The molecule has 3 N–H and O–H groups in total. The van der Waals surface area contributed by atoms with Gasteiger partial charge in [-0.05, 0) is 17.8 Å². The van der Waals surface area contributed by atoms with Crippen LogP contribution in [0.15, 0.2) is 12.7 Å². The maximum atomic E-state index is 12.2. The molecule has 4 aliphatic rings. The third-order valence-corrected chi connectivity index (χ3v) is 8.75. The summed E-state index contributed by atoms with van der Waals surface area (Å²) in [6.07, 6.45) is 2.90. The van der Waals surface area contributed by atoms with Gasteiger partial charge in [-0.25, -0.2) is 17.6 Å². The molecule has 4 rings (SSSR count). The van der Waals surface area contributed by atoms with Gasteiger partial charge in [-0.15, -0.1) is 6.58 Å². The number of halogens is 6. The van der Waals surface area contributed by atoms with Crippen LogP contribution in [0.5, 0.6) is 0 Å². The van der Waals surface area contributed by atoms with Crippen LogP contribution < -0.4 is 29.6 Å². The van der Waals surface area contributed by atoms with Gasteiger partial charge in [0.25, 0.3) is 5.97 Å². The van der Waals surface area contributed by atoms with Crippen LogP contribution in [0.3, 0.4) is 0 Å². The van der Waals surface area contributed by atoms with E-state index in [-0.39, 0.29) is 180 Å². The quantitative estimate of drug-likeness (QED) is 0.0608. The largest absolute Gasteiger partial charge is 1.00 e. The maximum Gasteiger partial charge on any atom is 1.00 e. The normalized spacial score (nSPS) is 18.0. The molecule has 0 aromatic rings. The number of rotatable bonds is 10. The fourth-order valence-electron chi connectivity index (χ4n) is 4.74. The van der Waals surface area contributed by atoms with Gasteiger partial charge in [0.2, 0.25) is 11.8 Å². The summed E-state index contributed by atoms with van der Waals surface area (Å²) in [4.78, 5) is 82.2. The third kappa shape index (κ3) is 34.7. The van der Waals surface area contributed by atoms with Gasteiger partial charge >= 0.3 is 59.4 Å². The number of ether oxygens (including phenoxy) is 4. The molecule has 0 amide bonds. The van der Waals surface area contributed by atoms with E-state index < -0.39 is 40.1 Å². The van der Waals surface area contributed by atoms with Crippen LogP contribution in [0.25, 0.3) is 0 Å². The molecule has 0 aromatic heterocycles. The molecule has 4 fully saturated rings. The summed E-state index contributed by atoms with van der Waals surface area (Å²) in [6, 6.07) is 0. The Morgan fingerprint density at radius 3 is 1.25 bits per heavy atom. The van der Waals surface area contributed by atoms with Crippen molar-refractivity contribution in [3.05, 3.63) is 20.1 Å². The van der Waals surface area contributed by atoms with E-state index in [0.29, 0.717) is 25.7 Å². The van der Waals surface area contributed by atoms with Gasteiger partial charge in [0.05, 0.1) is 41.3 Å². The Balaban J connectivity index is -0.000000111. The molecule has 0 heterocycles. The molecule has 1 atom stereocenters. The van der Waals surface area contributed by atoms with Crippen molar-refractivity contribution in [3.8, 4) is 0 Å².